The minimum atomic E-state index is -0.0970. The molecule has 1 aliphatic heterocycles. The summed E-state index contributed by atoms with van der Waals surface area (Å²) in [5, 5.41) is 0.630. The number of anilines is 1. The van der Waals surface area contributed by atoms with Crippen LogP contribution in [-0.2, 0) is 11.4 Å². The Labute approximate surface area is 229 Å². The molecule has 4 nitrogen and oxygen atoms in total. The molecule has 0 atom stereocenters. The van der Waals surface area contributed by atoms with Gasteiger partial charge in [0.15, 0.2) is 5.17 Å². The van der Waals surface area contributed by atoms with E-state index in [1.165, 1.54) is 11.8 Å². The monoisotopic (exact) mass is 568 g/mol. The van der Waals surface area contributed by atoms with Crippen LogP contribution in [-0.4, -0.2) is 11.1 Å². The lowest BCUT2D eigenvalue weighted by molar-refractivity contribution is -0.113. The predicted molar refractivity (Wildman–Crippen MR) is 157 cm³/mol. The van der Waals surface area contributed by atoms with Gasteiger partial charge in [-0.05, 0) is 95.1 Å². The molecule has 6 heteroatoms. The van der Waals surface area contributed by atoms with E-state index >= 15 is 0 Å². The average Bonchev–Trinajstić information content (AvgIpc) is 3.20. The molecule has 4 aromatic carbocycles. The molecule has 0 aliphatic carbocycles. The van der Waals surface area contributed by atoms with Crippen LogP contribution in [0, 0.1) is 13.8 Å². The van der Waals surface area contributed by atoms with Gasteiger partial charge in [0.2, 0.25) is 0 Å². The van der Waals surface area contributed by atoms with Crippen LogP contribution in [0.4, 0.5) is 11.4 Å². The van der Waals surface area contributed by atoms with Gasteiger partial charge in [-0.1, -0.05) is 71.8 Å². The van der Waals surface area contributed by atoms with Gasteiger partial charge in [-0.25, -0.2) is 4.99 Å². The lowest BCUT2D eigenvalue weighted by atomic mass is 10.2. The molecular weight excluding hydrogens is 544 g/mol. The number of thioether (sulfide) groups is 1. The second-order valence-corrected chi connectivity index (χ2v) is 10.6. The van der Waals surface area contributed by atoms with Crippen molar-refractivity contribution in [1.82, 2.24) is 0 Å². The van der Waals surface area contributed by atoms with Crippen molar-refractivity contribution in [3.63, 3.8) is 0 Å². The molecule has 0 aromatic heterocycles. The topological polar surface area (TPSA) is 41.9 Å². The first kappa shape index (κ1) is 25.1. The van der Waals surface area contributed by atoms with Gasteiger partial charge >= 0.3 is 0 Å². The second-order valence-electron chi connectivity index (χ2n) is 8.78. The zero-order valence-electron chi connectivity index (χ0n) is 20.5. The zero-order valence-corrected chi connectivity index (χ0v) is 22.9. The molecule has 1 aliphatic rings. The summed E-state index contributed by atoms with van der Waals surface area (Å²) >= 11 is 5.00. The molecular formula is C31H25BrN2O2S. The van der Waals surface area contributed by atoms with Crippen LogP contribution >= 0.6 is 27.7 Å². The summed E-state index contributed by atoms with van der Waals surface area (Å²) in [7, 11) is 0. The number of ether oxygens (including phenoxy) is 1. The third kappa shape index (κ3) is 6.04. The van der Waals surface area contributed by atoms with Crippen LogP contribution in [0.25, 0.3) is 6.08 Å². The Hall–Kier alpha value is -3.61. The number of amides is 1. The number of aryl methyl sites for hydroxylation is 2. The first-order valence-electron chi connectivity index (χ1n) is 11.9. The van der Waals surface area contributed by atoms with E-state index in [9.17, 15) is 4.79 Å². The highest BCUT2D eigenvalue weighted by Crippen LogP contribution is 2.38. The first-order chi connectivity index (χ1) is 18.0. The third-order valence-electron chi connectivity index (χ3n) is 5.85. The van der Waals surface area contributed by atoms with Crippen molar-refractivity contribution in [2.75, 3.05) is 4.90 Å². The minimum Gasteiger partial charge on any atom is -0.488 e. The van der Waals surface area contributed by atoms with Crippen LogP contribution in [0.3, 0.4) is 0 Å². The van der Waals surface area contributed by atoms with Crippen molar-refractivity contribution in [2.45, 2.75) is 20.5 Å². The Bertz CT molecular complexity index is 1480. The molecule has 5 rings (SSSR count). The molecule has 37 heavy (non-hydrogen) atoms. The Kier molecular flexibility index (Phi) is 7.58. The second kappa shape index (κ2) is 11.2. The molecule has 1 heterocycles. The molecule has 0 spiro atoms. The molecule has 0 unspecified atom stereocenters. The van der Waals surface area contributed by atoms with Gasteiger partial charge in [0.1, 0.15) is 12.4 Å². The highest BCUT2D eigenvalue weighted by Gasteiger charge is 2.34. The average molecular weight is 570 g/mol. The summed E-state index contributed by atoms with van der Waals surface area (Å²) in [6.07, 6.45) is 1.90. The van der Waals surface area contributed by atoms with Crippen molar-refractivity contribution >= 4 is 56.2 Å². The maximum Gasteiger partial charge on any atom is 0.271 e. The van der Waals surface area contributed by atoms with Gasteiger partial charge in [-0.3, -0.25) is 9.69 Å². The Morgan fingerprint density at radius 1 is 0.892 bits per heavy atom. The van der Waals surface area contributed by atoms with Crippen molar-refractivity contribution in [2.24, 2.45) is 4.99 Å². The fourth-order valence-corrected chi connectivity index (χ4v) is 5.32. The molecule has 0 bridgehead atoms. The molecule has 1 saturated heterocycles. The summed E-state index contributed by atoms with van der Waals surface area (Å²) in [6, 6.07) is 31.8. The van der Waals surface area contributed by atoms with E-state index in [4.69, 9.17) is 9.73 Å². The normalized spacial score (nSPS) is 15.5. The highest BCUT2D eigenvalue weighted by molar-refractivity contribution is 9.10. The molecule has 4 aromatic rings. The smallest absolute Gasteiger partial charge is 0.271 e. The number of aliphatic imine (C=N–C) groups is 1. The Morgan fingerprint density at radius 3 is 2.24 bits per heavy atom. The fraction of sp³-hybridized carbons (Fsp3) is 0.0968. The van der Waals surface area contributed by atoms with E-state index < -0.39 is 0 Å². The van der Waals surface area contributed by atoms with Crippen LogP contribution in [0.5, 0.6) is 5.75 Å². The fourth-order valence-electron chi connectivity index (χ4n) is 3.81. The molecule has 0 N–H and O–H groups in total. The third-order valence-corrected chi connectivity index (χ3v) is 7.44. The van der Waals surface area contributed by atoms with Gasteiger partial charge in [0.25, 0.3) is 5.91 Å². The number of rotatable bonds is 6. The van der Waals surface area contributed by atoms with E-state index in [1.54, 1.807) is 4.90 Å². The number of carbonyl (C=O) groups is 1. The number of halogens is 1. The molecule has 184 valence electrons. The highest BCUT2D eigenvalue weighted by atomic mass is 79.9. The number of carbonyl (C=O) groups excluding carboxylic acids is 1. The molecule has 1 fully saturated rings. The molecule has 1 amide bonds. The lowest BCUT2D eigenvalue weighted by Crippen LogP contribution is -2.28. The Morgan fingerprint density at radius 2 is 1.57 bits per heavy atom. The van der Waals surface area contributed by atoms with Crippen molar-refractivity contribution in [3.05, 3.63) is 129 Å². The maximum absolute atomic E-state index is 13.6. The minimum absolute atomic E-state index is 0.0970. The summed E-state index contributed by atoms with van der Waals surface area (Å²) in [5.41, 5.74) is 5.90. The number of amidine groups is 1. The summed E-state index contributed by atoms with van der Waals surface area (Å²) in [4.78, 5) is 20.7. The SMILES string of the molecule is Cc1ccc(N=C2S/C(=C\c3ccc(OCc4ccccc4)c(Br)c3)C(=O)N2c2ccc(C)cc2)cc1. The van der Waals surface area contributed by atoms with Crippen molar-refractivity contribution in [3.8, 4) is 5.75 Å². The summed E-state index contributed by atoms with van der Waals surface area (Å²) in [5.74, 6) is 0.652. The zero-order chi connectivity index (χ0) is 25.8. The first-order valence-corrected chi connectivity index (χ1v) is 13.5. The number of benzene rings is 4. The van der Waals surface area contributed by atoms with E-state index in [0.717, 1.165) is 43.9 Å². The molecule has 0 radical (unpaired) electrons. The molecule has 0 saturated carbocycles. The van der Waals surface area contributed by atoms with E-state index in [2.05, 4.69) is 15.9 Å². The van der Waals surface area contributed by atoms with Crippen LogP contribution in [0.2, 0.25) is 0 Å². The number of hydrogen-bond donors (Lipinski definition) is 0. The van der Waals surface area contributed by atoms with Crippen LogP contribution in [0.1, 0.15) is 22.3 Å². The number of nitrogens with zero attached hydrogens (tertiary/aromatic N) is 2. The van der Waals surface area contributed by atoms with Gasteiger partial charge in [0.05, 0.1) is 20.8 Å². The van der Waals surface area contributed by atoms with Crippen LogP contribution in [0.15, 0.2) is 111 Å². The van der Waals surface area contributed by atoms with E-state index in [0.29, 0.717) is 16.7 Å². The maximum atomic E-state index is 13.6. The van der Waals surface area contributed by atoms with Gasteiger partial charge in [0, 0.05) is 0 Å². The largest absolute Gasteiger partial charge is 0.488 e. The predicted octanol–water partition coefficient (Wildman–Crippen LogP) is 8.45. The quantitative estimate of drug-likeness (QED) is 0.219. The lowest BCUT2D eigenvalue weighted by Gasteiger charge is -2.16. The summed E-state index contributed by atoms with van der Waals surface area (Å²) in [6.45, 7) is 4.56. The van der Waals surface area contributed by atoms with E-state index in [-0.39, 0.29) is 5.91 Å². The van der Waals surface area contributed by atoms with Crippen molar-refractivity contribution < 1.29 is 9.53 Å². The van der Waals surface area contributed by atoms with Gasteiger partial charge in [-0.15, -0.1) is 0 Å². The summed E-state index contributed by atoms with van der Waals surface area (Å²) < 4.78 is 6.81. The number of hydrogen-bond acceptors (Lipinski definition) is 4. The van der Waals surface area contributed by atoms with Gasteiger partial charge in [-0.2, -0.15) is 0 Å². The Balaban J connectivity index is 1.42. The standard InChI is InChI=1S/C31H25BrN2O2S/c1-21-8-13-25(14-9-21)33-31-34(26-15-10-22(2)11-16-26)30(35)29(37-31)19-24-12-17-28(27(32)18-24)36-20-23-6-4-3-5-7-23/h3-19H,20H2,1-2H3/b29-19-,33-31?. The van der Waals surface area contributed by atoms with E-state index in [1.807, 2.05) is 117 Å². The van der Waals surface area contributed by atoms with Crippen molar-refractivity contribution in [1.29, 1.82) is 0 Å². The van der Waals surface area contributed by atoms with Gasteiger partial charge < -0.3 is 4.74 Å². The van der Waals surface area contributed by atoms with Crippen LogP contribution < -0.4 is 9.64 Å².